The summed E-state index contributed by atoms with van der Waals surface area (Å²) < 4.78 is 17.1. The molecule has 2 aliphatic rings. The van der Waals surface area contributed by atoms with Crippen molar-refractivity contribution in [3.8, 4) is 5.88 Å². The average molecular weight is 354 g/mol. The highest BCUT2D eigenvalue weighted by atomic mass is 16.5. The number of rotatable bonds is 3. The number of esters is 1. The van der Waals surface area contributed by atoms with Gasteiger partial charge in [0.1, 0.15) is 6.23 Å². The number of hydrogen-bond donors (Lipinski definition) is 0. The molecule has 136 valence electrons. The highest BCUT2D eigenvalue weighted by molar-refractivity contribution is 5.91. The van der Waals surface area contributed by atoms with E-state index in [9.17, 15) is 4.79 Å². The van der Waals surface area contributed by atoms with Crippen LogP contribution < -0.4 is 4.74 Å². The van der Waals surface area contributed by atoms with Crippen LogP contribution in [0.4, 0.5) is 0 Å². The zero-order chi connectivity index (χ0) is 18.1. The lowest BCUT2D eigenvalue weighted by atomic mass is 10.1. The summed E-state index contributed by atoms with van der Waals surface area (Å²) in [5.74, 6) is -0.0542. The molecule has 0 bridgehead atoms. The molecule has 2 aliphatic heterocycles. The normalized spacial score (nSPS) is 20.0. The monoisotopic (exact) mass is 354 g/mol. The van der Waals surface area contributed by atoms with E-state index in [1.165, 1.54) is 0 Å². The van der Waals surface area contributed by atoms with Crippen LogP contribution in [0.15, 0.2) is 30.3 Å². The highest BCUT2D eigenvalue weighted by Gasteiger charge is 2.33. The van der Waals surface area contributed by atoms with Gasteiger partial charge in [-0.1, -0.05) is 17.7 Å². The lowest BCUT2D eigenvalue weighted by molar-refractivity contribution is -0.0914. The Morgan fingerprint density at radius 1 is 1.19 bits per heavy atom. The molecular weight excluding hydrogens is 332 g/mol. The first-order valence-electron chi connectivity index (χ1n) is 8.84. The van der Waals surface area contributed by atoms with Crippen LogP contribution in [-0.2, 0) is 16.1 Å². The van der Waals surface area contributed by atoms with Gasteiger partial charge in [-0.2, -0.15) is 0 Å². The van der Waals surface area contributed by atoms with Gasteiger partial charge in [0.25, 0.3) is 0 Å². The van der Waals surface area contributed by atoms with E-state index in [0.717, 1.165) is 35.5 Å². The van der Waals surface area contributed by atoms with Gasteiger partial charge in [0.05, 0.1) is 25.4 Å². The number of pyridine rings is 1. The summed E-state index contributed by atoms with van der Waals surface area (Å²) >= 11 is 0. The molecule has 6 nitrogen and oxygen atoms in total. The fourth-order valence-corrected chi connectivity index (χ4v) is 3.35. The first-order chi connectivity index (χ1) is 12.6. The van der Waals surface area contributed by atoms with Gasteiger partial charge in [-0.25, -0.2) is 9.78 Å². The summed E-state index contributed by atoms with van der Waals surface area (Å²) in [7, 11) is 0. The molecule has 4 rings (SSSR count). The Hall–Kier alpha value is -2.28. The fourth-order valence-electron chi connectivity index (χ4n) is 3.35. The molecule has 0 N–H and O–H groups in total. The molecule has 0 spiro atoms. The molecule has 0 saturated carbocycles. The minimum absolute atomic E-state index is 0.132. The number of ether oxygens (including phenoxy) is 3. The smallest absolute Gasteiger partial charge is 0.344 e. The van der Waals surface area contributed by atoms with Crippen LogP contribution in [0.2, 0.25) is 0 Å². The van der Waals surface area contributed by atoms with Crippen LogP contribution in [0.25, 0.3) is 0 Å². The van der Waals surface area contributed by atoms with E-state index in [2.05, 4.69) is 9.88 Å². The molecule has 6 heteroatoms. The molecule has 1 aromatic carbocycles. The summed E-state index contributed by atoms with van der Waals surface area (Å²) in [6.07, 6.45) is -0.132. The lowest BCUT2D eigenvalue weighted by Gasteiger charge is -2.31. The standard InChI is InChI=1S/C20H22N2O4/c1-13-3-5-15(6-4-13)20(23)26-18-17-12-25-19(16(17)11-14(2)21-18)22-7-9-24-10-8-22/h3-6,11,19H,7-10,12H2,1-2H3. The Labute approximate surface area is 152 Å². The molecule has 0 aliphatic carbocycles. The van der Waals surface area contributed by atoms with Crippen molar-refractivity contribution in [2.24, 2.45) is 0 Å². The second-order valence-electron chi connectivity index (χ2n) is 6.70. The number of morpholine rings is 1. The number of carbonyl (C=O) groups excluding carboxylic acids is 1. The van der Waals surface area contributed by atoms with E-state index < -0.39 is 5.97 Å². The molecule has 1 fully saturated rings. The minimum Gasteiger partial charge on any atom is -0.403 e. The molecule has 0 amide bonds. The van der Waals surface area contributed by atoms with Gasteiger partial charge in [0.2, 0.25) is 5.88 Å². The number of carbonyl (C=O) groups is 1. The average Bonchev–Trinajstić information content (AvgIpc) is 3.07. The van der Waals surface area contributed by atoms with Crippen LogP contribution in [0, 0.1) is 13.8 Å². The molecule has 1 saturated heterocycles. The van der Waals surface area contributed by atoms with E-state index in [4.69, 9.17) is 14.2 Å². The van der Waals surface area contributed by atoms with Crippen molar-refractivity contribution in [3.63, 3.8) is 0 Å². The molecule has 1 unspecified atom stereocenters. The summed E-state index contributed by atoms with van der Waals surface area (Å²) in [6, 6.07) is 9.33. The van der Waals surface area contributed by atoms with Gasteiger partial charge in [0.15, 0.2) is 0 Å². The second kappa shape index (κ2) is 7.15. The number of aryl methyl sites for hydroxylation is 2. The van der Waals surface area contributed by atoms with E-state index in [0.29, 0.717) is 31.3 Å². The van der Waals surface area contributed by atoms with Crippen molar-refractivity contribution in [2.45, 2.75) is 26.7 Å². The molecule has 3 heterocycles. The van der Waals surface area contributed by atoms with Gasteiger partial charge in [-0.05, 0) is 32.0 Å². The number of aromatic nitrogens is 1. The summed E-state index contributed by atoms with van der Waals surface area (Å²) in [6.45, 7) is 7.32. The predicted molar refractivity (Wildman–Crippen MR) is 95.0 cm³/mol. The van der Waals surface area contributed by atoms with E-state index in [-0.39, 0.29) is 6.23 Å². The first-order valence-corrected chi connectivity index (χ1v) is 8.84. The molecular formula is C20H22N2O4. The second-order valence-corrected chi connectivity index (χ2v) is 6.70. The topological polar surface area (TPSA) is 60.9 Å². The van der Waals surface area contributed by atoms with E-state index in [1.807, 2.05) is 32.0 Å². The number of hydrogen-bond acceptors (Lipinski definition) is 6. The van der Waals surface area contributed by atoms with Crippen molar-refractivity contribution >= 4 is 5.97 Å². The summed E-state index contributed by atoms with van der Waals surface area (Å²) in [4.78, 5) is 19.2. The molecule has 0 radical (unpaired) electrons. The molecule has 2 aromatic rings. The zero-order valence-corrected chi connectivity index (χ0v) is 15.0. The van der Waals surface area contributed by atoms with Crippen molar-refractivity contribution in [1.82, 2.24) is 9.88 Å². The number of benzene rings is 1. The van der Waals surface area contributed by atoms with Crippen LogP contribution in [0.1, 0.15) is 39.0 Å². The van der Waals surface area contributed by atoms with Gasteiger partial charge in [-0.3, -0.25) is 4.90 Å². The number of nitrogens with zero attached hydrogens (tertiary/aromatic N) is 2. The largest absolute Gasteiger partial charge is 0.403 e. The highest BCUT2D eigenvalue weighted by Crippen LogP contribution is 2.38. The van der Waals surface area contributed by atoms with E-state index in [1.54, 1.807) is 12.1 Å². The van der Waals surface area contributed by atoms with Gasteiger partial charge < -0.3 is 14.2 Å². The zero-order valence-electron chi connectivity index (χ0n) is 15.0. The Kier molecular flexibility index (Phi) is 4.72. The van der Waals surface area contributed by atoms with Crippen LogP contribution >= 0.6 is 0 Å². The van der Waals surface area contributed by atoms with Crippen molar-refractivity contribution in [3.05, 3.63) is 58.3 Å². The molecule has 1 aromatic heterocycles. The van der Waals surface area contributed by atoms with Crippen molar-refractivity contribution in [1.29, 1.82) is 0 Å². The van der Waals surface area contributed by atoms with Crippen molar-refractivity contribution in [2.75, 3.05) is 26.3 Å². The fraction of sp³-hybridized carbons (Fsp3) is 0.400. The lowest BCUT2D eigenvalue weighted by Crippen LogP contribution is -2.38. The maximum atomic E-state index is 12.5. The Balaban J connectivity index is 1.60. The quantitative estimate of drug-likeness (QED) is 0.790. The SMILES string of the molecule is Cc1ccc(C(=O)Oc2nc(C)cc3c2COC3N2CCOCC2)cc1. The van der Waals surface area contributed by atoms with Gasteiger partial charge in [0, 0.05) is 29.9 Å². The van der Waals surface area contributed by atoms with Crippen LogP contribution in [-0.4, -0.2) is 42.2 Å². The first kappa shape index (κ1) is 17.1. The predicted octanol–water partition coefficient (Wildman–Crippen LogP) is 2.78. The maximum absolute atomic E-state index is 12.5. The Morgan fingerprint density at radius 2 is 1.92 bits per heavy atom. The molecule has 1 atom stereocenters. The van der Waals surface area contributed by atoms with Crippen molar-refractivity contribution < 1.29 is 19.0 Å². The molecule has 26 heavy (non-hydrogen) atoms. The minimum atomic E-state index is -0.403. The van der Waals surface area contributed by atoms with Gasteiger partial charge in [-0.15, -0.1) is 0 Å². The van der Waals surface area contributed by atoms with Crippen LogP contribution in [0.3, 0.4) is 0 Å². The number of fused-ring (bicyclic) bond motifs is 1. The Morgan fingerprint density at radius 3 is 2.65 bits per heavy atom. The summed E-state index contributed by atoms with van der Waals surface area (Å²) in [5, 5.41) is 0. The third-order valence-corrected chi connectivity index (χ3v) is 4.75. The Bertz CT molecular complexity index is 813. The van der Waals surface area contributed by atoms with E-state index >= 15 is 0 Å². The third kappa shape index (κ3) is 3.35. The maximum Gasteiger partial charge on any atom is 0.344 e. The summed E-state index contributed by atoms with van der Waals surface area (Å²) in [5.41, 5.74) is 4.30. The van der Waals surface area contributed by atoms with Crippen LogP contribution in [0.5, 0.6) is 5.88 Å². The third-order valence-electron chi connectivity index (χ3n) is 4.75. The van der Waals surface area contributed by atoms with Gasteiger partial charge >= 0.3 is 5.97 Å².